The van der Waals surface area contributed by atoms with Crippen LogP contribution in [0.4, 0.5) is 5.69 Å². The SMILES string of the molecule is COc1cc(NC(=O)c2ccccc2)c(C(=O)NCC2CCCN2)cc1OC.Cl. The van der Waals surface area contributed by atoms with Crippen LogP contribution < -0.4 is 25.4 Å². The lowest BCUT2D eigenvalue weighted by molar-refractivity contribution is 0.0951. The van der Waals surface area contributed by atoms with Crippen LogP contribution in [0, 0.1) is 0 Å². The molecule has 7 nitrogen and oxygen atoms in total. The normalized spacial score (nSPS) is 15.2. The number of nitrogens with one attached hydrogen (secondary N) is 3. The fourth-order valence-electron chi connectivity index (χ4n) is 3.20. The maximum absolute atomic E-state index is 12.8. The Kier molecular flexibility index (Phi) is 8.30. The van der Waals surface area contributed by atoms with Gasteiger partial charge in [0.1, 0.15) is 0 Å². The van der Waals surface area contributed by atoms with Gasteiger partial charge in [-0.2, -0.15) is 0 Å². The van der Waals surface area contributed by atoms with E-state index < -0.39 is 0 Å². The fraction of sp³-hybridized carbons (Fsp3) is 0.333. The number of carbonyl (C=O) groups excluding carboxylic acids is 2. The van der Waals surface area contributed by atoms with E-state index in [0.717, 1.165) is 19.4 Å². The van der Waals surface area contributed by atoms with Gasteiger partial charge < -0.3 is 25.4 Å². The van der Waals surface area contributed by atoms with Crippen molar-refractivity contribution in [2.75, 3.05) is 32.6 Å². The Morgan fingerprint density at radius 3 is 2.38 bits per heavy atom. The highest BCUT2D eigenvalue weighted by Gasteiger charge is 2.21. The zero-order chi connectivity index (χ0) is 19.9. The number of methoxy groups -OCH3 is 2. The molecule has 8 heteroatoms. The van der Waals surface area contributed by atoms with E-state index in [9.17, 15) is 9.59 Å². The van der Waals surface area contributed by atoms with Gasteiger partial charge in [0.15, 0.2) is 11.5 Å². The molecule has 3 rings (SSSR count). The first-order valence-corrected chi connectivity index (χ1v) is 9.26. The van der Waals surface area contributed by atoms with E-state index in [1.807, 2.05) is 6.07 Å². The molecule has 29 heavy (non-hydrogen) atoms. The topological polar surface area (TPSA) is 88.7 Å². The lowest BCUT2D eigenvalue weighted by Crippen LogP contribution is -2.37. The number of hydrogen-bond donors (Lipinski definition) is 3. The Bertz CT molecular complexity index is 839. The summed E-state index contributed by atoms with van der Waals surface area (Å²) in [7, 11) is 3.01. The zero-order valence-electron chi connectivity index (χ0n) is 16.5. The van der Waals surface area contributed by atoms with Gasteiger partial charge >= 0.3 is 0 Å². The molecule has 1 fully saturated rings. The number of amides is 2. The predicted octanol–water partition coefficient (Wildman–Crippen LogP) is 2.86. The van der Waals surface area contributed by atoms with E-state index in [-0.39, 0.29) is 30.3 Å². The van der Waals surface area contributed by atoms with Crippen LogP contribution >= 0.6 is 12.4 Å². The van der Waals surface area contributed by atoms with Crippen molar-refractivity contribution in [3.8, 4) is 11.5 Å². The molecule has 0 saturated carbocycles. The average Bonchev–Trinajstić information content (AvgIpc) is 3.26. The molecule has 1 unspecified atom stereocenters. The van der Waals surface area contributed by atoms with E-state index in [4.69, 9.17) is 9.47 Å². The van der Waals surface area contributed by atoms with Crippen LogP contribution in [-0.2, 0) is 0 Å². The van der Waals surface area contributed by atoms with Crippen molar-refractivity contribution in [1.82, 2.24) is 10.6 Å². The summed E-state index contributed by atoms with van der Waals surface area (Å²) in [6.45, 7) is 1.49. The minimum Gasteiger partial charge on any atom is -0.493 e. The molecule has 3 N–H and O–H groups in total. The van der Waals surface area contributed by atoms with Gasteiger partial charge in [-0.3, -0.25) is 9.59 Å². The highest BCUT2D eigenvalue weighted by Crippen LogP contribution is 2.33. The lowest BCUT2D eigenvalue weighted by Gasteiger charge is -2.17. The van der Waals surface area contributed by atoms with E-state index >= 15 is 0 Å². The summed E-state index contributed by atoms with van der Waals surface area (Å²) >= 11 is 0. The van der Waals surface area contributed by atoms with Crippen LogP contribution in [0.25, 0.3) is 0 Å². The van der Waals surface area contributed by atoms with Gasteiger partial charge in [0, 0.05) is 24.2 Å². The summed E-state index contributed by atoms with van der Waals surface area (Å²) in [6.07, 6.45) is 2.14. The molecule has 0 aromatic heterocycles. The molecule has 1 atom stereocenters. The van der Waals surface area contributed by atoms with E-state index in [0.29, 0.717) is 34.9 Å². The summed E-state index contributed by atoms with van der Waals surface area (Å²) in [4.78, 5) is 25.4. The lowest BCUT2D eigenvalue weighted by atomic mass is 10.1. The molecule has 0 radical (unpaired) electrons. The molecule has 1 saturated heterocycles. The molecule has 1 aliphatic rings. The number of anilines is 1. The monoisotopic (exact) mass is 419 g/mol. The van der Waals surface area contributed by atoms with E-state index in [2.05, 4.69) is 16.0 Å². The van der Waals surface area contributed by atoms with Crippen molar-refractivity contribution >= 4 is 29.9 Å². The second-order valence-electron chi connectivity index (χ2n) is 6.58. The van der Waals surface area contributed by atoms with Crippen LogP contribution in [-0.4, -0.2) is 45.2 Å². The molecule has 1 aliphatic heterocycles. The first kappa shape index (κ1) is 22.5. The van der Waals surface area contributed by atoms with Crippen LogP contribution in [0.2, 0.25) is 0 Å². The Morgan fingerprint density at radius 2 is 1.76 bits per heavy atom. The summed E-state index contributed by atoms with van der Waals surface area (Å²) in [6, 6.07) is 12.3. The van der Waals surface area contributed by atoms with Crippen molar-refractivity contribution in [1.29, 1.82) is 0 Å². The Labute approximate surface area is 176 Å². The first-order chi connectivity index (χ1) is 13.6. The number of halogens is 1. The van der Waals surface area contributed by atoms with Gasteiger partial charge in [0.2, 0.25) is 0 Å². The smallest absolute Gasteiger partial charge is 0.255 e. The zero-order valence-corrected chi connectivity index (χ0v) is 17.3. The van der Waals surface area contributed by atoms with Gasteiger partial charge in [-0.05, 0) is 37.6 Å². The van der Waals surface area contributed by atoms with Gasteiger partial charge in [-0.15, -0.1) is 12.4 Å². The highest BCUT2D eigenvalue weighted by molar-refractivity contribution is 6.09. The molecular formula is C21H26ClN3O4. The Hall–Kier alpha value is -2.77. The van der Waals surface area contributed by atoms with E-state index in [1.165, 1.54) is 14.2 Å². The second kappa shape index (κ2) is 10.7. The van der Waals surface area contributed by atoms with Crippen molar-refractivity contribution in [3.63, 3.8) is 0 Å². The van der Waals surface area contributed by atoms with Gasteiger partial charge in [0.05, 0.1) is 25.5 Å². The quantitative estimate of drug-likeness (QED) is 0.642. The van der Waals surface area contributed by atoms with Crippen LogP contribution in [0.15, 0.2) is 42.5 Å². The van der Waals surface area contributed by atoms with E-state index in [1.54, 1.807) is 36.4 Å². The molecule has 156 valence electrons. The average molecular weight is 420 g/mol. The van der Waals surface area contributed by atoms with Crippen molar-refractivity contribution in [3.05, 3.63) is 53.6 Å². The van der Waals surface area contributed by atoms with Crippen molar-refractivity contribution in [2.24, 2.45) is 0 Å². The summed E-state index contributed by atoms with van der Waals surface area (Å²) in [5.41, 5.74) is 1.18. The summed E-state index contributed by atoms with van der Waals surface area (Å²) < 4.78 is 10.6. The molecule has 1 heterocycles. The maximum atomic E-state index is 12.8. The Balaban J connectivity index is 0.00000300. The minimum atomic E-state index is -0.306. The summed E-state index contributed by atoms with van der Waals surface area (Å²) in [5, 5.41) is 9.09. The number of ether oxygens (including phenoxy) is 2. The maximum Gasteiger partial charge on any atom is 0.255 e. The number of carbonyl (C=O) groups is 2. The third-order valence-corrected chi connectivity index (χ3v) is 4.72. The van der Waals surface area contributed by atoms with Gasteiger partial charge in [-0.25, -0.2) is 0 Å². The van der Waals surface area contributed by atoms with Gasteiger partial charge in [0.25, 0.3) is 11.8 Å². The van der Waals surface area contributed by atoms with Crippen LogP contribution in [0.1, 0.15) is 33.6 Å². The number of hydrogen-bond acceptors (Lipinski definition) is 5. The largest absolute Gasteiger partial charge is 0.493 e. The second-order valence-corrected chi connectivity index (χ2v) is 6.58. The first-order valence-electron chi connectivity index (χ1n) is 9.26. The van der Waals surface area contributed by atoms with Crippen LogP contribution in [0.5, 0.6) is 11.5 Å². The van der Waals surface area contributed by atoms with Crippen molar-refractivity contribution < 1.29 is 19.1 Å². The summed E-state index contributed by atoms with van der Waals surface area (Å²) in [5.74, 6) is 0.265. The standard InChI is InChI=1S/C21H25N3O4.ClH/c1-27-18-11-16(21(26)23-13-15-9-6-10-22-15)17(12-19(18)28-2)24-20(25)14-7-4-3-5-8-14;/h3-5,7-8,11-12,15,22H,6,9-10,13H2,1-2H3,(H,23,26)(H,24,25);1H. The van der Waals surface area contributed by atoms with Gasteiger partial charge in [-0.1, -0.05) is 18.2 Å². The molecular weight excluding hydrogens is 394 g/mol. The van der Waals surface area contributed by atoms with Crippen LogP contribution in [0.3, 0.4) is 0 Å². The van der Waals surface area contributed by atoms with Crippen molar-refractivity contribution in [2.45, 2.75) is 18.9 Å². The fourth-order valence-corrected chi connectivity index (χ4v) is 3.20. The molecule has 0 spiro atoms. The molecule has 0 bridgehead atoms. The molecule has 2 aromatic rings. The third kappa shape index (κ3) is 5.62. The minimum absolute atomic E-state index is 0. The highest BCUT2D eigenvalue weighted by atomic mass is 35.5. The predicted molar refractivity (Wildman–Crippen MR) is 115 cm³/mol. The number of rotatable bonds is 7. The molecule has 2 amide bonds. The third-order valence-electron chi connectivity index (χ3n) is 4.72. The Morgan fingerprint density at radius 1 is 1.07 bits per heavy atom. The molecule has 2 aromatic carbocycles. The molecule has 0 aliphatic carbocycles. The number of benzene rings is 2.